The van der Waals surface area contributed by atoms with E-state index in [0.717, 1.165) is 11.1 Å². The Balaban J connectivity index is 2.05. The molecule has 2 aliphatic carbocycles. The van der Waals surface area contributed by atoms with Gasteiger partial charge in [-0.1, -0.05) is 24.3 Å². The average molecular weight is 250 g/mol. The summed E-state index contributed by atoms with van der Waals surface area (Å²) in [6.07, 6.45) is 19.3. The summed E-state index contributed by atoms with van der Waals surface area (Å²) in [5.74, 6) is -0.820. The molecule has 19 heavy (non-hydrogen) atoms. The summed E-state index contributed by atoms with van der Waals surface area (Å²) in [6.45, 7) is 1.18. The predicted octanol–water partition coefficient (Wildman–Crippen LogP) is 3.14. The maximum absolute atomic E-state index is 5.95. The van der Waals surface area contributed by atoms with Crippen molar-refractivity contribution in [2.45, 2.75) is 5.79 Å². The Morgan fingerprint density at radius 2 is 1.32 bits per heavy atom. The Bertz CT molecular complexity index is 558. The van der Waals surface area contributed by atoms with Crippen LogP contribution in [0.5, 0.6) is 0 Å². The van der Waals surface area contributed by atoms with Crippen molar-refractivity contribution in [2.75, 3.05) is 13.2 Å². The Labute approximate surface area is 112 Å². The minimum Gasteiger partial charge on any atom is -0.340 e. The average Bonchev–Trinajstić information content (AvgIpc) is 2.68. The highest BCUT2D eigenvalue weighted by molar-refractivity contribution is 5.47. The summed E-state index contributed by atoms with van der Waals surface area (Å²) in [4.78, 5) is 0. The van der Waals surface area contributed by atoms with Crippen LogP contribution < -0.4 is 0 Å². The SMILES string of the molecule is C1=CC=CC(C2(C3=CC=C=CC=C3)OCCO2)=CC=1. The van der Waals surface area contributed by atoms with Crippen LogP contribution in [0, 0.1) is 0 Å². The fourth-order valence-electron chi connectivity index (χ4n) is 2.26. The minimum atomic E-state index is -0.820. The number of hydrogen-bond donors (Lipinski definition) is 0. The Morgan fingerprint density at radius 3 is 1.84 bits per heavy atom. The fraction of sp³-hybridized carbons (Fsp3) is 0.176. The summed E-state index contributed by atoms with van der Waals surface area (Å²) < 4.78 is 11.9. The molecule has 1 fully saturated rings. The van der Waals surface area contributed by atoms with Crippen LogP contribution in [-0.4, -0.2) is 19.0 Å². The molecule has 0 N–H and O–H groups in total. The van der Waals surface area contributed by atoms with Gasteiger partial charge in [-0.3, -0.25) is 0 Å². The first-order chi connectivity index (χ1) is 9.42. The van der Waals surface area contributed by atoms with Crippen LogP contribution in [0.2, 0.25) is 0 Å². The van der Waals surface area contributed by atoms with E-state index in [1.54, 1.807) is 0 Å². The van der Waals surface area contributed by atoms with Crippen LogP contribution in [0.25, 0.3) is 0 Å². The topological polar surface area (TPSA) is 18.5 Å². The van der Waals surface area contributed by atoms with Gasteiger partial charge in [0.2, 0.25) is 5.79 Å². The van der Waals surface area contributed by atoms with Gasteiger partial charge in [-0.2, -0.15) is 0 Å². The van der Waals surface area contributed by atoms with Gasteiger partial charge >= 0.3 is 0 Å². The Kier molecular flexibility index (Phi) is 3.33. The van der Waals surface area contributed by atoms with E-state index in [0.29, 0.717) is 13.2 Å². The highest BCUT2D eigenvalue weighted by Gasteiger charge is 2.42. The number of ether oxygens (including phenoxy) is 2. The smallest absolute Gasteiger partial charge is 0.222 e. The second-order valence-electron chi connectivity index (χ2n) is 4.28. The largest absolute Gasteiger partial charge is 0.340 e. The van der Waals surface area contributed by atoms with Crippen molar-refractivity contribution in [1.29, 1.82) is 0 Å². The summed E-state index contributed by atoms with van der Waals surface area (Å²) >= 11 is 0. The van der Waals surface area contributed by atoms with Gasteiger partial charge in [0.25, 0.3) is 0 Å². The zero-order chi connectivity index (χ0) is 13.0. The zero-order valence-electron chi connectivity index (χ0n) is 10.5. The molecule has 0 bridgehead atoms. The second-order valence-corrected chi connectivity index (χ2v) is 4.28. The molecule has 94 valence electrons. The highest BCUT2D eigenvalue weighted by Crippen LogP contribution is 2.37. The van der Waals surface area contributed by atoms with Gasteiger partial charge in [0.15, 0.2) is 0 Å². The summed E-state index contributed by atoms with van der Waals surface area (Å²) in [5, 5.41) is 0. The van der Waals surface area contributed by atoms with Gasteiger partial charge in [0.05, 0.1) is 13.2 Å². The Morgan fingerprint density at radius 1 is 0.789 bits per heavy atom. The van der Waals surface area contributed by atoms with Gasteiger partial charge in [0.1, 0.15) is 0 Å². The van der Waals surface area contributed by atoms with Crippen molar-refractivity contribution in [3.8, 4) is 0 Å². The molecule has 0 radical (unpaired) electrons. The monoisotopic (exact) mass is 250 g/mol. The molecule has 2 nitrogen and oxygen atoms in total. The lowest BCUT2D eigenvalue weighted by Crippen LogP contribution is -2.34. The molecular weight excluding hydrogens is 236 g/mol. The van der Waals surface area contributed by atoms with Crippen molar-refractivity contribution in [1.82, 2.24) is 0 Å². The van der Waals surface area contributed by atoms with Crippen molar-refractivity contribution in [3.63, 3.8) is 0 Å². The lowest BCUT2D eigenvalue weighted by atomic mass is 9.95. The number of allylic oxidation sites excluding steroid dienone is 6. The van der Waals surface area contributed by atoms with E-state index in [9.17, 15) is 0 Å². The van der Waals surface area contributed by atoms with E-state index < -0.39 is 5.79 Å². The molecule has 0 amide bonds. The van der Waals surface area contributed by atoms with Crippen LogP contribution in [-0.2, 0) is 9.47 Å². The lowest BCUT2D eigenvalue weighted by molar-refractivity contribution is -0.0883. The van der Waals surface area contributed by atoms with Crippen molar-refractivity contribution < 1.29 is 9.47 Å². The predicted molar refractivity (Wildman–Crippen MR) is 74.4 cm³/mol. The fourth-order valence-corrected chi connectivity index (χ4v) is 2.26. The van der Waals surface area contributed by atoms with Gasteiger partial charge in [-0.05, 0) is 36.5 Å². The van der Waals surface area contributed by atoms with E-state index in [-0.39, 0.29) is 0 Å². The first-order valence-electron chi connectivity index (χ1n) is 6.29. The standard InChI is InChI=1S/C17H14O2/c1-2-6-10-15(9-5-1)17(18-13-14-19-17)16-11-7-3-4-8-12-16/h1,3,5-12H,13-14H2. The molecule has 0 aromatic carbocycles. The normalized spacial score (nSPS) is 23.2. The molecule has 1 saturated heterocycles. The van der Waals surface area contributed by atoms with Crippen molar-refractivity contribution >= 4 is 0 Å². The number of hydrogen-bond acceptors (Lipinski definition) is 2. The van der Waals surface area contributed by atoms with Crippen LogP contribution in [0.3, 0.4) is 0 Å². The second kappa shape index (κ2) is 5.27. The van der Waals surface area contributed by atoms with E-state index in [4.69, 9.17) is 9.47 Å². The van der Waals surface area contributed by atoms with Gasteiger partial charge < -0.3 is 9.47 Å². The maximum Gasteiger partial charge on any atom is 0.222 e. The number of rotatable bonds is 2. The highest BCUT2D eigenvalue weighted by atomic mass is 16.7. The van der Waals surface area contributed by atoms with Gasteiger partial charge in [-0.15, -0.1) is 11.5 Å². The third-order valence-electron chi connectivity index (χ3n) is 3.11. The molecular formula is C17H14O2. The van der Waals surface area contributed by atoms with E-state index in [1.165, 1.54) is 0 Å². The van der Waals surface area contributed by atoms with E-state index in [2.05, 4.69) is 11.5 Å². The van der Waals surface area contributed by atoms with Crippen LogP contribution in [0.4, 0.5) is 0 Å². The van der Waals surface area contributed by atoms with Crippen LogP contribution in [0.15, 0.2) is 83.4 Å². The first kappa shape index (κ1) is 12.0. The Hall–Kier alpha value is -2.08. The van der Waals surface area contributed by atoms with Gasteiger partial charge in [-0.25, -0.2) is 0 Å². The molecule has 0 saturated carbocycles. The zero-order valence-corrected chi connectivity index (χ0v) is 10.5. The third kappa shape index (κ3) is 2.26. The molecule has 1 heterocycles. The molecule has 3 aliphatic rings. The lowest BCUT2D eigenvalue weighted by Gasteiger charge is -2.29. The molecule has 1 aliphatic heterocycles. The van der Waals surface area contributed by atoms with Crippen LogP contribution >= 0.6 is 0 Å². The van der Waals surface area contributed by atoms with Crippen molar-refractivity contribution in [3.05, 3.63) is 83.4 Å². The summed E-state index contributed by atoms with van der Waals surface area (Å²) in [7, 11) is 0. The summed E-state index contributed by atoms with van der Waals surface area (Å²) in [5.41, 5.74) is 8.03. The van der Waals surface area contributed by atoms with Crippen LogP contribution in [0.1, 0.15) is 0 Å². The molecule has 2 heteroatoms. The molecule has 0 aromatic heterocycles. The minimum absolute atomic E-state index is 0.588. The molecule has 0 atom stereocenters. The maximum atomic E-state index is 5.95. The summed E-state index contributed by atoms with van der Waals surface area (Å²) in [6, 6.07) is 0. The first-order valence-corrected chi connectivity index (χ1v) is 6.29. The third-order valence-corrected chi connectivity index (χ3v) is 3.11. The molecule has 3 rings (SSSR count). The van der Waals surface area contributed by atoms with E-state index in [1.807, 2.05) is 60.8 Å². The molecule has 0 spiro atoms. The quantitative estimate of drug-likeness (QED) is 0.701. The molecule has 0 unspecified atom stereocenters. The van der Waals surface area contributed by atoms with Crippen molar-refractivity contribution in [2.24, 2.45) is 0 Å². The van der Waals surface area contributed by atoms with E-state index >= 15 is 0 Å². The molecule has 0 aromatic rings. The van der Waals surface area contributed by atoms with Gasteiger partial charge in [0, 0.05) is 11.1 Å².